The van der Waals surface area contributed by atoms with Crippen LogP contribution in [0.5, 0.6) is 0 Å². The van der Waals surface area contributed by atoms with E-state index >= 15 is 0 Å². The van der Waals surface area contributed by atoms with Crippen molar-refractivity contribution in [1.29, 1.82) is 0 Å². The molecule has 0 aliphatic carbocycles. The summed E-state index contributed by atoms with van der Waals surface area (Å²) in [6, 6.07) is 5.60. The molecule has 1 aromatic rings. The first-order chi connectivity index (χ1) is 13.9. The molecule has 0 spiro atoms. The topological polar surface area (TPSA) is 127 Å². The molecule has 0 aliphatic heterocycles. The third kappa shape index (κ3) is 8.23. The average molecular weight is 422 g/mol. The van der Waals surface area contributed by atoms with Crippen molar-refractivity contribution in [3.05, 3.63) is 35.4 Å². The number of aromatic carboxylic acids is 1. The summed E-state index contributed by atoms with van der Waals surface area (Å²) >= 11 is 0. The van der Waals surface area contributed by atoms with Gasteiger partial charge in [-0.05, 0) is 37.0 Å². The minimum Gasteiger partial charge on any atom is -0.481 e. The summed E-state index contributed by atoms with van der Waals surface area (Å²) in [5.74, 6) is -3.21. The van der Waals surface area contributed by atoms with Gasteiger partial charge in [0.05, 0.1) is 17.7 Å². The molecule has 1 aromatic carbocycles. The second kappa shape index (κ2) is 11.3. The molecule has 0 amide bonds. The van der Waals surface area contributed by atoms with Crippen LogP contribution in [0.25, 0.3) is 0 Å². The summed E-state index contributed by atoms with van der Waals surface area (Å²) in [7, 11) is 0. The molecule has 1 unspecified atom stereocenters. The van der Waals surface area contributed by atoms with Gasteiger partial charge in [-0.2, -0.15) is 0 Å². The number of hydrogen-bond donors (Lipinski definition) is 2. The highest BCUT2D eigenvalue weighted by atomic mass is 16.6. The van der Waals surface area contributed by atoms with Crippen LogP contribution in [0, 0.1) is 11.3 Å². The van der Waals surface area contributed by atoms with E-state index in [2.05, 4.69) is 0 Å². The first kappa shape index (κ1) is 25.1. The van der Waals surface area contributed by atoms with E-state index in [9.17, 15) is 19.2 Å². The lowest BCUT2D eigenvalue weighted by Gasteiger charge is -2.36. The Kier molecular flexibility index (Phi) is 9.49. The monoisotopic (exact) mass is 422 g/mol. The van der Waals surface area contributed by atoms with Gasteiger partial charge in [-0.3, -0.25) is 9.59 Å². The summed E-state index contributed by atoms with van der Waals surface area (Å²) in [4.78, 5) is 46.1. The number of aliphatic carboxylic acids is 1. The quantitative estimate of drug-likeness (QED) is 0.385. The van der Waals surface area contributed by atoms with Gasteiger partial charge in [-0.25, -0.2) is 9.59 Å². The molecule has 2 N–H and O–H groups in total. The van der Waals surface area contributed by atoms with Crippen LogP contribution in [0.2, 0.25) is 0 Å². The Labute approximate surface area is 176 Å². The standard InChI is InChI=1S/C22H30O8/c1-14(2)19(30-21(28)16-9-7-8-15(12-16)20(26)27)22(3,4)13-29-18(25)11-6-5-10-17(23)24/h7-9,12,14,19H,5-6,10-11,13H2,1-4H3,(H,23,24)(H,26,27). The lowest BCUT2D eigenvalue weighted by Crippen LogP contribution is -2.41. The molecule has 0 heterocycles. The lowest BCUT2D eigenvalue weighted by atomic mass is 9.81. The van der Waals surface area contributed by atoms with Crippen LogP contribution in [-0.2, 0) is 19.1 Å². The number of ether oxygens (including phenoxy) is 2. The summed E-state index contributed by atoms with van der Waals surface area (Å²) in [6.45, 7) is 7.41. The molecule has 8 nitrogen and oxygen atoms in total. The molecule has 0 aliphatic rings. The highest BCUT2D eigenvalue weighted by Crippen LogP contribution is 2.30. The molecule has 1 rings (SSSR count). The predicted molar refractivity (Wildman–Crippen MR) is 108 cm³/mol. The smallest absolute Gasteiger partial charge is 0.338 e. The zero-order valence-electron chi connectivity index (χ0n) is 17.8. The van der Waals surface area contributed by atoms with Crippen molar-refractivity contribution in [2.24, 2.45) is 11.3 Å². The van der Waals surface area contributed by atoms with Gasteiger partial charge in [0.1, 0.15) is 6.10 Å². The van der Waals surface area contributed by atoms with Gasteiger partial charge < -0.3 is 19.7 Å². The minimum atomic E-state index is -1.14. The maximum Gasteiger partial charge on any atom is 0.338 e. The Bertz CT molecular complexity index is 766. The molecule has 0 saturated carbocycles. The van der Waals surface area contributed by atoms with E-state index < -0.39 is 35.4 Å². The molecular formula is C22H30O8. The van der Waals surface area contributed by atoms with Crippen LogP contribution in [0.1, 0.15) is 74.1 Å². The van der Waals surface area contributed by atoms with Crippen molar-refractivity contribution in [1.82, 2.24) is 0 Å². The predicted octanol–water partition coefficient (Wildman–Crippen LogP) is 3.78. The number of esters is 2. The Morgan fingerprint density at radius 1 is 1.00 bits per heavy atom. The number of hydrogen-bond acceptors (Lipinski definition) is 6. The number of carbonyl (C=O) groups excluding carboxylic acids is 2. The first-order valence-electron chi connectivity index (χ1n) is 9.86. The zero-order valence-corrected chi connectivity index (χ0v) is 17.8. The molecule has 0 fully saturated rings. The van der Waals surface area contributed by atoms with Crippen molar-refractivity contribution in [3.63, 3.8) is 0 Å². The van der Waals surface area contributed by atoms with E-state index in [1.807, 2.05) is 27.7 Å². The van der Waals surface area contributed by atoms with E-state index in [-0.39, 0.29) is 36.5 Å². The number of benzene rings is 1. The second-order valence-corrected chi connectivity index (χ2v) is 8.21. The average Bonchev–Trinajstić information content (AvgIpc) is 2.67. The number of carbonyl (C=O) groups is 4. The van der Waals surface area contributed by atoms with Crippen molar-refractivity contribution in [2.45, 2.75) is 59.5 Å². The molecule has 8 heteroatoms. The van der Waals surface area contributed by atoms with Crippen molar-refractivity contribution >= 4 is 23.9 Å². The van der Waals surface area contributed by atoms with E-state index in [1.165, 1.54) is 24.3 Å². The van der Waals surface area contributed by atoms with E-state index in [0.29, 0.717) is 12.8 Å². The minimum absolute atomic E-state index is 0.00717. The Balaban J connectivity index is 2.72. The van der Waals surface area contributed by atoms with Crippen LogP contribution >= 0.6 is 0 Å². The van der Waals surface area contributed by atoms with Crippen LogP contribution in [0.4, 0.5) is 0 Å². The first-order valence-corrected chi connectivity index (χ1v) is 9.86. The molecule has 1 atom stereocenters. The van der Waals surface area contributed by atoms with Gasteiger partial charge in [-0.15, -0.1) is 0 Å². The van der Waals surface area contributed by atoms with E-state index in [1.54, 1.807) is 0 Å². The zero-order chi connectivity index (χ0) is 22.9. The van der Waals surface area contributed by atoms with Crippen molar-refractivity contribution in [2.75, 3.05) is 6.61 Å². The highest BCUT2D eigenvalue weighted by Gasteiger charge is 2.37. The molecular weight excluding hydrogens is 392 g/mol. The summed E-state index contributed by atoms with van der Waals surface area (Å²) < 4.78 is 11.0. The van der Waals surface area contributed by atoms with E-state index in [0.717, 1.165) is 0 Å². The van der Waals surface area contributed by atoms with Crippen LogP contribution in [0.15, 0.2) is 24.3 Å². The SMILES string of the molecule is CC(C)C(OC(=O)c1cccc(C(=O)O)c1)C(C)(C)COC(=O)CCCCC(=O)O. The Morgan fingerprint density at radius 3 is 2.17 bits per heavy atom. The second-order valence-electron chi connectivity index (χ2n) is 8.21. The van der Waals surface area contributed by atoms with Crippen LogP contribution in [0.3, 0.4) is 0 Å². The third-order valence-electron chi connectivity index (χ3n) is 4.58. The fourth-order valence-electron chi connectivity index (χ4n) is 3.13. The number of rotatable bonds is 12. The summed E-state index contributed by atoms with van der Waals surface area (Å²) in [5.41, 5.74) is -0.571. The van der Waals surface area contributed by atoms with Gasteiger partial charge in [0.2, 0.25) is 0 Å². The largest absolute Gasteiger partial charge is 0.481 e. The van der Waals surface area contributed by atoms with Gasteiger partial charge in [0.15, 0.2) is 0 Å². The lowest BCUT2D eigenvalue weighted by molar-refractivity contribution is -0.150. The van der Waals surface area contributed by atoms with Gasteiger partial charge >= 0.3 is 23.9 Å². The van der Waals surface area contributed by atoms with Crippen molar-refractivity contribution in [3.8, 4) is 0 Å². The van der Waals surface area contributed by atoms with Crippen molar-refractivity contribution < 1.29 is 38.9 Å². The Hall–Kier alpha value is -2.90. The molecule has 0 bridgehead atoms. The number of carboxylic acids is 2. The number of unbranched alkanes of at least 4 members (excludes halogenated alkanes) is 1. The maximum absolute atomic E-state index is 12.6. The molecule has 0 saturated heterocycles. The summed E-state index contributed by atoms with van der Waals surface area (Å²) in [6.07, 6.45) is 0.368. The molecule has 30 heavy (non-hydrogen) atoms. The molecule has 0 aromatic heterocycles. The van der Waals surface area contributed by atoms with E-state index in [4.69, 9.17) is 19.7 Å². The normalized spacial score (nSPS) is 12.3. The highest BCUT2D eigenvalue weighted by molar-refractivity contribution is 5.94. The molecule has 166 valence electrons. The fraction of sp³-hybridized carbons (Fsp3) is 0.545. The van der Waals surface area contributed by atoms with Gasteiger partial charge in [0, 0.05) is 18.3 Å². The Morgan fingerprint density at radius 2 is 1.60 bits per heavy atom. The van der Waals surface area contributed by atoms with Crippen LogP contribution < -0.4 is 0 Å². The van der Waals surface area contributed by atoms with Gasteiger partial charge in [0.25, 0.3) is 0 Å². The third-order valence-corrected chi connectivity index (χ3v) is 4.58. The van der Waals surface area contributed by atoms with Crippen LogP contribution in [-0.4, -0.2) is 46.8 Å². The fourth-order valence-corrected chi connectivity index (χ4v) is 3.13. The summed E-state index contributed by atoms with van der Waals surface area (Å²) in [5, 5.41) is 17.7. The molecule has 0 radical (unpaired) electrons. The van der Waals surface area contributed by atoms with Gasteiger partial charge in [-0.1, -0.05) is 33.8 Å². The maximum atomic E-state index is 12.6. The number of carboxylic acid groups (broad SMARTS) is 2.